The number of nitrogens with one attached hydrogen (secondary N) is 1. The van der Waals surface area contributed by atoms with Crippen LogP contribution in [0.15, 0.2) is 48.5 Å². The zero-order valence-electron chi connectivity index (χ0n) is 15.2. The molecule has 24 heavy (non-hydrogen) atoms. The second kappa shape index (κ2) is 9.33. The molecule has 0 heterocycles. The van der Waals surface area contributed by atoms with Gasteiger partial charge in [-0.2, -0.15) is 0 Å². The van der Waals surface area contributed by atoms with Gasteiger partial charge in [-0.15, -0.1) is 0 Å². The SMILES string of the molecule is CCOc1cc(CNC(C)c2ccccc2)ccc1OCC(C)C. The molecule has 0 saturated carbocycles. The number of benzene rings is 2. The van der Waals surface area contributed by atoms with E-state index in [2.05, 4.69) is 62.5 Å². The minimum atomic E-state index is 0.304. The van der Waals surface area contributed by atoms with Crippen molar-refractivity contribution < 1.29 is 9.47 Å². The Bertz CT molecular complexity index is 610. The molecule has 130 valence electrons. The first-order valence-corrected chi connectivity index (χ1v) is 8.77. The topological polar surface area (TPSA) is 30.5 Å². The van der Waals surface area contributed by atoms with Gasteiger partial charge < -0.3 is 14.8 Å². The van der Waals surface area contributed by atoms with Gasteiger partial charge in [0.25, 0.3) is 0 Å². The fourth-order valence-corrected chi connectivity index (χ4v) is 2.44. The Morgan fingerprint density at radius 1 is 0.917 bits per heavy atom. The summed E-state index contributed by atoms with van der Waals surface area (Å²) in [6.45, 7) is 10.6. The van der Waals surface area contributed by atoms with Crippen LogP contribution in [0.25, 0.3) is 0 Å². The number of ether oxygens (including phenoxy) is 2. The maximum atomic E-state index is 5.86. The molecule has 1 N–H and O–H groups in total. The van der Waals surface area contributed by atoms with Crippen LogP contribution in [-0.2, 0) is 6.54 Å². The molecule has 0 aliphatic carbocycles. The fourth-order valence-electron chi connectivity index (χ4n) is 2.44. The quantitative estimate of drug-likeness (QED) is 0.705. The first kappa shape index (κ1) is 18.3. The maximum Gasteiger partial charge on any atom is 0.161 e. The van der Waals surface area contributed by atoms with Gasteiger partial charge in [0.1, 0.15) is 0 Å². The van der Waals surface area contributed by atoms with Gasteiger partial charge in [0.15, 0.2) is 11.5 Å². The van der Waals surface area contributed by atoms with Crippen LogP contribution >= 0.6 is 0 Å². The molecule has 3 nitrogen and oxygen atoms in total. The van der Waals surface area contributed by atoms with Crippen LogP contribution in [0.5, 0.6) is 11.5 Å². The van der Waals surface area contributed by atoms with E-state index in [9.17, 15) is 0 Å². The highest BCUT2D eigenvalue weighted by molar-refractivity contribution is 5.43. The van der Waals surface area contributed by atoms with Crippen molar-refractivity contribution in [1.29, 1.82) is 0 Å². The van der Waals surface area contributed by atoms with Crippen LogP contribution in [0, 0.1) is 5.92 Å². The molecule has 0 spiro atoms. The Kier molecular flexibility index (Phi) is 7.13. The Hall–Kier alpha value is -2.00. The van der Waals surface area contributed by atoms with Crippen molar-refractivity contribution in [3.05, 3.63) is 59.7 Å². The number of hydrogen-bond donors (Lipinski definition) is 1. The molecule has 0 saturated heterocycles. The summed E-state index contributed by atoms with van der Waals surface area (Å²) in [5.74, 6) is 2.14. The predicted molar refractivity (Wildman–Crippen MR) is 99.6 cm³/mol. The van der Waals surface area contributed by atoms with E-state index in [1.54, 1.807) is 0 Å². The molecule has 1 unspecified atom stereocenters. The Labute approximate surface area is 146 Å². The summed E-state index contributed by atoms with van der Waals surface area (Å²) < 4.78 is 11.6. The minimum Gasteiger partial charge on any atom is -0.490 e. The molecular weight excluding hydrogens is 298 g/mol. The van der Waals surface area contributed by atoms with Crippen molar-refractivity contribution in [2.75, 3.05) is 13.2 Å². The second-order valence-corrected chi connectivity index (χ2v) is 6.43. The smallest absolute Gasteiger partial charge is 0.161 e. The van der Waals surface area contributed by atoms with Crippen molar-refractivity contribution in [2.24, 2.45) is 5.92 Å². The summed E-state index contributed by atoms with van der Waals surface area (Å²) in [5.41, 5.74) is 2.48. The summed E-state index contributed by atoms with van der Waals surface area (Å²) in [6.07, 6.45) is 0. The van der Waals surface area contributed by atoms with Crippen LogP contribution < -0.4 is 14.8 Å². The summed E-state index contributed by atoms with van der Waals surface area (Å²) in [7, 11) is 0. The Morgan fingerprint density at radius 3 is 2.33 bits per heavy atom. The van der Waals surface area contributed by atoms with Gasteiger partial charge in [-0.05, 0) is 43.0 Å². The molecule has 0 bridgehead atoms. The van der Waals surface area contributed by atoms with E-state index in [1.165, 1.54) is 11.1 Å². The van der Waals surface area contributed by atoms with E-state index in [0.29, 0.717) is 25.2 Å². The van der Waals surface area contributed by atoms with Crippen molar-refractivity contribution in [1.82, 2.24) is 5.32 Å². The summed E-state index contributed by atoms with van der Waals surface area (Å²) in [4.78, 5) is 0. The molecule has 2 aromatic rings. The van der Waals surface area contributed by atoms with Crippen LogP contribution in [0.2, 0.25) is 0 Å². The Morgan fingerprint density at radius 2 is 1.67 bits per heavy atom. The highest BCUT2D eigenvalue weighted by Gasteiger charge is 2.09. The third kappa shape index (κ3) is 5.57. The van der Waals surface area contributed by atoms with E-state index < -0.39 is 0 Å². The zero-order chi connectivity index (χ0) is 17.4. The summed E-state index contributed by atoms with van der Waals surface area (Å²) in [6, 6.07) is 17.0. The normalized spacial score (nSPS) is 12.2. The van der Waals surface area contributed by atoms with Gasteiger partial charge in [-0.25, -0.2) is 0 Å². The third-order valence-corrected chi connectivity index (χ3v) is 3.79. The van der Waals surface area contributed by atoms with E-state index in [0.717, 1.165) is 18.0 Å². The number of hydrogen-bond acceptors (Lipinski definition) is 3. The van der Waals surface area contributed by atoms with E-state index in [1.807, 2.05) is 19.1 Å². The lowest BCUT2D eigenvalue weighted by Gasteiger charge is -2.17. The highest BCUT2D eigenvalue weighted by Crippen LogP contribution is 2.29. The lowest BCUT2D eigenvalue weighted by Crippen LogP contribution is -2.18. The van der Waals surface area contributed by atoms with Crippen molar-refractivity contribution in [3.8, 4) is 11.5 Å². The average molecular weight is 327 g/mol. The predicted octanol–water partition coefficient (Wildman–Crippen LogP) is 4.97. The zero-order valence-corrected chi connectivity index (χ0v) is 15.2. The molecule has 0 aromatic heterocycles. The van der Waals surface area contributed by atoms with Gasteiger partial charge in [0, 0.05) is 12.6 Å². The first-order chi connectivity index (χ1) is 11.6. The average Bonchev–Trinajstić information content (AvgIpc) is 2.59. The van der Waals surface area contributed by atoms with Crippen molar-refractivity contribution in [2.45, 2.75) is 40.3 Å². The molecular formula is C21H29NO2. The minimum absolute atomic E-state index is 0.304. The maximum absolute atomic E-state index is 5.86. The van der Waals surface area contributed by atoms with Crippen LogP contribution in [0.1, 0.15) is 44.9 Å². The van der Waals surface area contributed by atoms with Gasteiger partial charge in [0.05, 0.1) is 13.2 Å². The van der Waals surface area contributed by atoms with Crippen molar-refractivity contribution >= 4 is 0 Å². The van der Waals surface area contributed by atoms with Crippen molar-refractivity contribution in [3.63, 3.8) is 0 Å². The van der Waals surface area contributed by atoms with Crippen LogP contribution in [0.3, 0.4) is 0 Å². The van der Waals surface area contributed by atoms with Gasteiger partial charge in [0.2, 0.25) is 0 Å². The Balaban J connectivity index is 2.01. The largest absolute Gasteiger partial charge is 0.490 e. The molecule has 0 radical (unpaired) electrons. The molecule has 2 rings (SSSR count). The van der Waals surface area contributed by atoms with Gasteiger partial charge >= 0.3 is 0 Å². The molecule has 0 aliphatic rings. The van der Waals surface area contributed by atoms with Gasteiger partial charge in [-0.3, -0.25) is 0 Å². The van der Waals surface area contributed by atoms with E-state index >= 15 is 0 Å². The lowest BCUT2D eigenvalue weighted by atomic mass is 10.1. The molecule has 1 atom stereocenters. The third-order valence-electron chi connectivity index (χ3n) is 3.79. The second-order valence-electron chi connectivity index (χ2n) is 6.43. The number of rotatable bonds is 9. The standard InChI is InChI=1S/C21H29NO2/c1-5-23-21-13-18(11-12-20(21)24-15-16(2)3)14-22-17(4)19-9-7-6-8-10-19/h6-13,16-17,22H,5,14-15H2,1-4H3. The molecule has 3 heteroatoms. The monoisotopic (exact) mass is 327 g/mol. The first-order valence-electron chi connectivity index (χ1n) is 8.77. The fraction of sp³-hybridized carbons (Fsp3) is 0.429. The molecule has 0 fully saturated rings. The lowest BCUT2D eigenvalue weighted by molar-refractivity contribution is 0.248. The molecule has 2 aromatic carbocycles. The molecule has 0 aliphatic heterocycles. The summed E-state index contributed by atoms with van der Waals surface area (Å²) in [5, 5.41) is 3.56. The summed E-state index contributed by atoms with van der Waals surface area (Å²) >= 11 is 0. The van der Waals surface area contributed by atoms with E-state index in [-0.39, 0.29) is 0 Å². The van der Waals surface area contributed by atoms with Crippen LogP contribution in [-0.4, -0.2) is 13.2 Å². The highest BCUT2D eigenvalue weighted by atomic mass is 16.5. The van der Waals surface area contributed by atoms with Crippen LogP contribution in [0.4, 0.5) is 0 Å². The van der Waals surface area contributed by atoms with E-state index in [4.69, 9.17) is 9.47 Å². The molecule has 0 amide bonds. The van der Waals surface area contributed by atoms with Gasteiger partial charge in [-0.1, -0.05) is 50.2 Å².